The van der Waals surface area contributed by atoms with E-state index in [9.17, 15) is 4.79 Å². The monoisotopic (exact) mass is 190 g/mol. The van der Waals surface area contributed by atoms with Crippen LogP contribution in [0.15, 0.2) is 24.8 Å². The van der Waals surface area contributed by atoms with Crippen molar-refractivity contribution in [1.29, 1.82) is 0 Å². The predicted octanol–water partition coefficient (Wildman–Crippen LogP) is 3.12. The Morgan fingerprint density at radius 1 is 1.64 bits per heavy atom. The molecular formula is C13H18O. The van der Waals surface area contributed by atoms with E-state index in [2.05, 4.69) is 25.7 Å². The molecule has 3 atom stereocenters. The smallest absolute Gasteiger partial charge is 0.133 e. The molecule has 2 aliphatic rings. The zero-order chi connectivity index (χ0) is 10.2. The highest BCUT2D eigenvalue weighted by Crippen LogP contribution is 2.47. The minimum absolute atomic E-state index is 0.148. The van der Waals surface area contributed by atoms with E-state index in [0.29, 0.717) is 17.6 Å². The van der Waals surface area contributed by atoms with Crippen LogP contribution in [-0.2, 0) is 4.79 Å². The molecule has 0 radical (unpaired) electrons. The molecule has 0 spiro atoms. The quantitative estimate of drug-likeness (QED) is 0.581. The van der Waals surface area contributed by atoms with Crippen molar-refractivity contribution in [3.63, 3.8) is 0 Å². The van der Waals surface area contributed by atoms with Crippen LogP contribution < -0.4 is 0 Å². The summed E-state index contributed by atoms with van der Waals surface area (Å²) in [6, 6.07) is 0. The van der Waals surface area contributed by atoms with Gasteiger partial charge in [-0.1, -0.05) is 25.2 Å². The van der Waals surface area contributed by atoms with Gasteiger partial charge in [-0.2, -0.15) is 0 Å². The maximum atomic E-state index is 11.4. The maximum Gasteiger partial charge on any atom is 0.133 e. The Bertz CT molecular complexity index is 290. The molecule has 0 bridgehead atoms. The van der Waals surface area contributed by atoms with E-state index < -0.39 is 0 Å². The fourth-order valence-corrected chi connectivity index (χ4v) is 2.83. The van der Waals surface area contributed by atoms with Crippen molar-refractivity contribution in [3.8, 4) is 0 Å². The van der Waals surface area contributed by atoms with Crippen LogP contribution in [0.1, 0.15) is 32.6 Å². The molecular weight excluding hydrogens is 172 g/mol. The van der Waals surface area contributed by atoms with Crippen LogP contribution in [0, 0.1) is 17.3 Å². The Balaban J connectivity index is 2.21. The summed E-state index contributed by atoms with van der Waals surface area (Å²) in [7, 11) is 0. The van der Waals surface area contributed by atoms with Crippen LogP contribution in [-0.4, -0.2) is 5.78 Å². The van der Waals surface area contributed by atoms with Crippen LogP contribution in [0.2, 0.25) is 0 Å². The second kappa shape index (κ2) is 3.38. The Kier molecular flexibility index (Phi) is 2.34. The van der Waals surface area contributed by atoms with Crippen molar-refractivity contribution in [3.05, 3.63) is 24.8 Å². The second-order valence-electron chi connectivity index (χ2n) is 4.95. The van der Waals surface area contributed by atoms with Gasteiger partial charge in [0.05, 0.1) is 0 Å². The molecule has 0 aromatic carbocycles. The van der Waals surface area contributed by atoms with E-state index in [-0.39, 0.29) is 5.41 Å². The number of hydrogen-bond donors (Lipinski definition) is 0. The lowest BCUT2D eigenvalue weighted by atomic mass is 9.61. The van der Waals surface area contributed by atoms with Crippen LogP contribution in [0.4, 0.5) is 0 Å². The van der Waals surface area contributed by atoms with E-state index in [0.717, 1.165) is 19.3 Å². The molecule has 0 aromatic heterocycles. The SMILES string of the molecule is C=CC1C=CC2(C)CC(=O)CCC2C1. The first kappa shape index (κ1) is 9.70. The summed E-state index contributed by atoms with van der Waals surface area (Å²) in [6.45, 7) is 6.07. The molecule has 0 heterocycles. The largest absolute Gasteiger partial charge is 0.300 e. The minimum Gasteiger partial charge on any atom is -0.300 e. The van der Waals surface area contributed by atoms with Crippen molar-refractivity contribution >= 4 is 5.78 Å². The number of hydrogen-bond acceptors (Lipinski definition) is 1. The number of fused-ring (bicyclic) bond motifs is 1. The van der Waals surface area contributed by atoms with E-state index in [4.69, 9.17) is 0 Å². The van der Waals surface area contributed by atoms with Crippen LogP contribution in [0.5, 0.6) is 0 Å². The van der Waals surface area contributed by atoms with Gasteiger partial charge in [-0.25, -0.2) is 0 Å². The minimum atomic E-state index is 0.148. The van der Waals surface area contributed by atoms with Gasteiger partial charge in [0.1, 0.15) is 5.78 Å². The van der Waals surface area contributed by atoms with Crippen LogP contribution in [0.25, 0.3) is 0 Å². The molecule has 76 valence electrons. The van der Waals surface area contributed by atoms with Gasteiger partial charge in [0.25, 0.3) is 0 Å². The van der Waals surface area contributed by atoms with Gasteiger partial charge in [0.2, 0.25) is 0 Å². The highest BCUT2D eigenvalue weighted by molar-refractivity contribution is 5.80. The van der Waals surface area contributed by atoms with Crippen molar-refractivity contribution in [2.45, 2.75) is 32.6 Å². The molecule has 1 fully saturated rings. The van der Waals surface area contributed by atoms with Gasteiger partial charge >= 0.3 is 0 Å². The van der Waals surface area contributed by atoms with Crippen LogP contribution >= 0.6 is 0 Å². The zero-order valence-electron chi connectivity index (χ0n) is 8.83. The Morgan fingerprint density at radius 2 is 2.43 bits per heavy atom. The lowest BCUT2D eigenvalue weighted by Gasteiger charge is -2.42. The number of carbonyl (C=O) groups excluding carboxylic acids is 1. The first-order chi connectivity index (χ1) is 6.64. The van der Waals surface area contributed by atoms with Crippen molar-refractivity contribution < 1.29 is 4.79 Å². The third-order valence-corrected chi connectivity index (χ3v) is 3.87. The topological polar surface area (TPSA) is 17.1 Å². The van der Waals surface area contributed by atoms with Gasteiger partial charge in [-0.05, 0) is 30.1 Å². The molecule has 3 unspecified atom stereocenters. The summed E-state index contributed by atoms with van der Waals surface area (Å²) in [6.07, 6.45) is 10.3. The average Bonchev–Trinajstić information content (AvgIpc) is 2.16. The summed E-state index contributed by atoms with van der Waals surface area (Å²) in [5.74, 6) is 1.65. The molecule has 2 aliphatic carbocycles. The normalized spacial score (nSPS) is 41.9. The highest BCUT2D eigenvalue weighted by Gasteiger charge is 2.40. The van der Waals surface area contributed by atoms with Crippen molar-refractivity contribution in [2.75, 3.05) is 0 Å². The molecule has 0 N–H and O–H groups in total. The number of rotatable bonds is 1. The van der Waals surface area contributed by atoms with E-state index in [1.807, 2.05) is 6.08 Å². The number of carbonyl (C=O) groups is 1. The summed E-state index contributed by atoms with van der Waals surface area (Å²) in [5.41, 5.74) is 0.148. The van der Waals surface area contributed by atoms with Crippen LogP contribution in [0.3, 0.4) is 0 Å². The van der Waals surface area contributed by atoms with Gasteiger partial charge in [0, 0.05) is 12.8 Å². The van der Waals surface area contributed by atoms with Gasteiger partial charge < -0.3 is 0 Å². The summed E-state index contributed by atoms with van der Waals surface area (Å²) < 4.78 is 0. The molecule has 0 aromatic rings. The summed E-state index contributed by atoms with van der Waals surface area (Å²) in [5, 5.41) is 0. The highest BCUT2D eigenvalue weighted by atomic mass is 16.1. The predicted molar refractivity (Wildman–Crippen MR) is 57.9 cm³/mol. The van der Waals surface area contributed by atoms with Crippen molar-refractivity contribution in [2.24, 2.45) is 17.3 Å². The molecule has 2 rings (SSSR count). The fraction of sp³-hybridized carbons (Fsp3) is 0.615. The molecule has 1 nitrogen and oxygen atoms in total. The second-order valence-corrected chi connectivity index (χ2v) is 4.95. The van der Waals surface area contributed by atoms with Crippen molar-refractivity contribution in [1.82, 2.24) is 0 Å². The molecule has 0 aliphatic heterocycles. The Morgan fingerprint density at radius 3 is 3.14 bits per heavy atom. The molecule has 0 saturated heterocycles. The number of Topliss-reactive ketones (excluding diaryl/α,β-unsaturated/α-hetero) is 1. The average molecular weight is 190 g/mol. The summed E-state index contributed by atoms with van der Waals surface area (Å²) >= 11 is 0. The molecule has 1 heteroatoms. The molecule has 14 heavy (non-hydrogen) atoms. The maximum absolute atomic E-state index is 11.4. The zero-order valence-corrected chi connectivity index (χ0v) is 8.83. The van der Waals surface area contributed by atoms with Gasteiger partial charge in [-0.3, -0.25) is 4.79 Å². The lowest BCUT2D eigenvalue weighted by Crippen LogP contribution is -2.36. The van der Waals surface area contributed by atoms with E-state index in [1.165, 1.54) is 6.42 Å². The lowest BCUT2D eigenvalue weighted by molar-refractivity contribution is -0.124. The van der Waals surface area contributed by atoms with Gasteiger partial charge in [-0.15, -0.1) is 6.58 Å². The Hall–Kier alpha value is -0.850. The van der Waals surface area contributed by atoms with Gasteiger partial charge in [0.15, 0.2) is 0 Å². The number of allylic oxidation sites excluding steroid dienone is 3. The third kappa shape index (κ3) is 1.56. The number of ketones is 1. The first-order valence-electron chi connectivity index (χ1n) is 5.48. The van der Waals surface area contributed by atoms with E-state index >= 15 is 0 Å². The Labute approximate surface area is 85.9 Å². The fourth-order valence-electron chi connectivity index (χ4n) is 2.83. The standard InChI is InChI=1S/C13H18O/c1-3-10-6-7-13(2)9-12(14)5-4-11(13)8-10/h3,6-7,10-11H,1,4-5,8-9H2,2H3. The van der Waals surface area contributed by atoms with E-state index in [1.54, 1.807) is 0 Å². The summed E-state index contributed by atoms with van der Waals surface area (Å²) in [4.78, 5) is 11.4. The first-order valence-corrected chi connectivity index (χ1v) is 5.48. The molecule has 1 saturated carbocycles. The molecule has 0 amide bonds. The third-order valence-electron chi connectivity index (χ3n) is 3.87.